The Morgan fingerprint density at radius 3 is 2.69 bits per heavy atom. The summed E-state index contributed by atoms with van der Waals surface area (Å²) >= 11 is 4.66. The number of carbonyl (C=O) groups is 1. The SMILES string of the molecule is COc1cc2c(cc1/C=C1/SC(=Nc3ccc(Br)cc3)NC1=O)OCO2. The number of benzene rings is 2. The molecule has 0 atom stereocenters. The highest BCUT2D eigenvalue weighted by Gasteiger charge is 2.25. The molecule has 2 heterocycles. The van der Waals surface area contributed by atoms with Crippen LogP contribution in [0, 0.1) is 0 Å². The fraction of sp³-hybridized carbons (Fsp3) is 0.111. The molecule has 1 fully saturated rings. The van der Waals surface area contributed by atoms with E-state index in [0.29, 0.717) is 27.3 Å². The average molecular weight is 433 g/mol. The zero-order valence-corrected chi connectivity index (χ0v) is 16.0. The molecule has 0 spiro atoms. The minimum Gasteiger partial charge on any atom is -0.496 e. The van der Waals surface area contributed by atoms with Crippen LogP contribution in [0.4, 0.5) is 5.69 Å². The van der Waals surface area contributed by atoms with E-state index < -0.39 is 0 Å². The van der Waals surface area contributed by atoms with Gasteiger partial charge in [0.2, 0.25) is 6.79 Å². The smallest absolute Gasteiger partial charge is 0.264 e. The van der Waals surface area contributed by atoms with Crippen molar-refractivity contribution in [2.45, 2.75) is 0 Å². The minimum absolute atomic E-state index is 0.178. The summed E-state index contributed by atoms with van der Waals surface area (Å²) in [7, 11) is 1.57. The Morgan fingerprint density at radius 2 is 1.96 bits per heavy atom. The number of carbonyl (C=O) groups excluding carboxylic acids is 1. The second-order valence-electron chi connectivity index (χ2n) is 5.41. The van der Waals surface area contributed by atoms with Gasteiger partial charge < -0.3 is 19.5 Å². The summed E-state index contributed by atoms with van der Waals surface area (Å²) < 4.78 is 17.1. The first kappa shape index (κ1) is 17.0. The maximum atomic E-state index is 12.3. The maximum absolute atomic E-state index is 12.3. The van der Waals surface area contributed by atoms with Gasteiger partial charge in [-0.2, -0.15) is 0 Å². The predicted octanol–water partition coefficient (Wildman–Crippen LogP) is 4.08. The number of hydrogen-bond acceptors (Lipinski definition) is 6. The summed E-state index contributed by atoms with van der Waals surface area (Å²) in [6, 6.07) is 11.1. The van der Waals surface area contributed by atoms with Gasteiger partial charge in [-0.05, 0) is 48.2 Å². The normalized spacial score (nSPS) is 18.5. The zero-order valence-electron chi connectivity index (χ0n) is 13.6. The van der Waals surface area contributed by atoms with Crippen LogP contribution < -0.4 is 19.5 Å². The largest absolute Gasteiger partial charge is 0.496 e. The van der Waals surface area contributed by atoms with Crippen molar-refractivity contribution < 1.29 is 19.0 Å². The Balaban J connectivity index is 1.62. The molecule has 0 saturated carbocycles. The van der Waals surface area contributed by atoms with Crippen molar-refractivity contribution in [1.82, 2.24) is 5.32 Å². The number of amidine groups is 1. The Labute approximate surface area is 162 Å². The number of nitrogens with one attached hydrogen (secondary N) is 1. The number of ether oxygens (including phenoxy) is 3. The van der Waals surface area contributed by atoms with Gasteiger partial charge in [-0.25, -0.2) is 4.99 Å². The molecule has 0 unspecified atom stereocenters. The lowest BCUT2D eigenvalue weighted by atomic mass is 10.1. The standard InChI is InChI=1S/C18H13BrN2O4S/c1-23-13-8-15-14(24-9-25-15)6-10(13)7-16-17(22)21-18(26-16)20-12-4-2-11(19)3-5-12/h2-8H,9H2,1H3,(H,20,21,22)/b16-7+. The van der Waals surface area contributed by atoms with E-state index in [-0.39, 0.29) is 12.7 Å². The first-order valence-corrected chi connectivity index (χ1v) is 9.26. The number of rotatable bonds is 3. The van der Waals surface area contributed by atoms with E-state index in [1.165, 1.54) is 11.8 Å². The van der Waals surface area contributed by atoms with Gasteiger partial charge in [-0.15, -0.1) is 0 Å². The van der Waals surface area contributed by atoms with E-state index in [0.717, 1.165) is 15.7 Å². The third-order valence-electron chi connectivity index (χ3n) is 3.72. The van der Waals surface area contributed by atoms with Crippen LogP contribution >= 0.6 is 27.7 Å². The fourth-order valence-electron chi connectivity index (χ4n) is 2.48. The van der Waals surface area contributed by atoms with Gasteiger partial charge in [0.05, 0.1) is 17.7 Å². The molecule has 1 amide bonds. The van der Waals surface area contributed by atoms with Gasteiger partial charge in [0, 0.05) is 16.1 Å². The molecular weight excluding hydrogens is 420 g/mol. The van der Waals surface area contributed by atoms with Crippen molar-refractivity contribution in [1.29, 1.82) is 0 Å². The molecule has 1 saturated heterocycles. The fourth-order valence-corrected chi connectivity index (χ4v) is 3.58. The molecule has 0 aromatic heterocycles. The number of halogens is 1. The molecule has 2 aromatic rings. The lowest BCUT2D eigenvalue weighted by molar-refractivity contribution is -0.115. The van der Waals surface area contributed by atoms with Crippen molar-refractivity contribution in [3.63, 3.8) is 0 Å². The molecule has 0 bridgehead atoms. The highest BCUT2D eigenvalue weighted by atomic mass is 79.9. The van der Waals surface area contributed by atoms with E-state index in [2.05, 4.69) is 26.2 Å². The molecule has 1 N–H and O–H groups in total. The lowest BCUT2D eigenvalue weighted by Gasteiger charge is -2.06. The van der Waals surface area contributed by atoms with Crippen molar-refractivity contribution in [2.75, 3.05) is 13.9 Å². The molecule has 2 aliphatic rings. The quantitative estimate of drug-likeness (QED) is 0.739. The molecule has 2 aliphatic heterocycles. The number of methoxy groups -OCH3 is 1. The molecular formula is C18H13BrN2O4S. The molecule has 2 aromatic carbocycles. The molecule has 132 valence electrons. The van der Waals surface area contributed by atoms with Gasteiger partial charge in [0.1, 0.15) is 5.75 Å². The second-order valence-corrected chi connectivity index (χ2v) is 7.35. The van der Waals surface area contributed by atoms with Crippen LogP contribution in [-0.4, -0.2) is 25.0 Å². The number of thioether (sulfide) groups is 1. The third-order valence-corrected chi connectivity index (χ3v) is 5.16. The predicted molar refractivity (Wildman–Crippen MR) is 104 cm³/mol. The van der Waals surface area contributed by atoms with Crippen molar-refractivity contribution in [3.8, 4) is 17.2 Å². The number of aliphatic imine (C=N–C) groups is 1. The van der Waals surface area contributed by atoms with E-state index in [1.54, 1.807) is 25.3 Å². The first-order chi connectivity index (χ1) is 12.6. The van der Waals surface area contributed by atoms with Crippen LogP contribution in [-0.2, 0) is 4.79 Å². The van der Waals surface area contributed by atoms with Crippen molar-refractivity contribution in [2.24, 2.45) is 4.99 Å². The van der Waals surface area contributed by atoms with Crippen LogP contribution in [0.3, 0.4) is 0 Å². The Kier molecular flexibility index (Phi) is 4.60. The number of nitrogens with zero attached hydrogens (tertiary/aromatic N) is 1. The second kappa shape index (κ2) is 7.05. The summed E-state index contributed by atoms with van der Waals surface area (Å²) in [5.41, 5.74) is 1.50. The van der Waals surface area contributed by atoms with Crippen LogP contribution in [0.2, 0.25) is 0 Å². The molecule has 26 heavy (non-hydrogen) atoms. The topological polar surface area (TPSA) is 69.2 Å². The Bertz CT molecular complexity index is 941. The van der Waals surface area contributed by atoms with Crippen LogP contribution in [0.1, 0.15) is 5.56 Å². The average Bonchev–Trinajstić information content (AvgIpc) is 3.22. The van der Waals surface area contributed by atoms with Crippen molar-refractivity contribution >= 4 is 50.5 Å². The van der Waals surface area contributed by atoms with Crippen LogP contribution in [0.25, 0.3) is 6.08 Å². The third kappa shape index (κ3) is 3.42. The van der Waals surface area contributed by atoms with E-state index in [4.69, 9.17) is 14.2 Å². The van der Waals surface area contributed by atoms with E-state index in [1.807, 2.05) is 24.3 Å². The molecule has 0 aliphatic carbocycles. The monoisotopic (exact) mass is 432 g/mol. The first-order valence-electron chi connectivity index (χ1n) is 7.65. The number of fused-ring (bicyclic) bond motifs is 1. The number of hydrogen-bond donors (Lipinski definition) is 1. The highest BCUT2D eigenvalue weighted by molar-refractivity contribution is 9.10. The van der Waals surface area contributed by atoms with Gasteiger partial charge in [0.15, 0.2) is 16.7 Å². The minimum atomic E-state index is -0.203. The summed E-state index contributed by atoms with van der Waals surface area (Å²) in [5.74, 6) is 1.66. The summed E-state index contributed by atoms with van der Waals surface area (Å²) in [4.78, 5) is 17.3. The van der Waals surface area contributed by atoms with Gasteiger partial charge >= 0.3 is 0 Å². The Hall–Kier alpha value is -2.45. The molecule has 8 heteroatoms. The highest BCUT2D eigenvalue weighted by Crippen LogP contribution is 2.40. The zero-order chi connectivity index (χ0) is 18.1. The van der Waals surface area contributed by atoms with Crippen LogP contribution in [0.15, 0.2) is 50.8 Å². The Morgan fingerprint density at radius 1 is 1.23 bits per heavy atom. The molecule has 0 radical (unpaired) electrons. The summed E-state index contributed by atoms with van der Waals surface area (Å²) in [6.07, 6.45) is 1.75. The summed E-state index contributed by atoms with van der Waals surface area (Å²) in [6.45, 7) is 0.178. The number of amides is 1. The van der Waals surface area contributed by atoms with Gasteiger partial charge in [0.25, 0.3) is 5.91 Å². The van der Waals surface area contributed by atoms with E-state index in [9.17, 15) is 4.79 Å². The van der Waals surface area contributed by atoms with Gasteiger partial charge in [-0.1, -0.05) is 15.9 Å². The van der Waals surface area contributed by atoms with Crippen LogP contribution in [0.5, 0.6) is 17.2 Å². The van der Waals surface area contributed by atoms with E-state index >= 15 is 0 Å². The van der Waals surface area contributed by atoms with Crippen molar-refractivity contribution in [3.05, 3.63) is 51.3 Å². The maximum Gasteiger partial charge on any atom is 0.264 e. The van der Waals surface area contributed by atoms with Gasteiger partial charge in [-0.3, -0.25) is 4.79 Å². The lowest BCUT2D eigenvalue weighted by Crippen LogP contribution is -2.19. The molecule has 6 nitrogen and oxygen atoms in total. The summed E-state index contributed by atoms with van der Waals surface area (Å²) in [5, 5.41) is 3.31. The molecule has 4 rings (SSSR count).